The second-order valence-corrected chi connectivity index (χ2v) is 5.10. The average Bonchev–Trinajstić information content (AvgIpc) is 2.01. The molecule has 2 N–H and O–H groups in total. The van der Waals surface area contributed by atoms with Gasteiger partial charge in [-0.25, -0.2) is 4.98 Å². The number of hydrogen-bond acceptors (Lipinski definition) is 2. The Kier molecular flexibility index (Phi) is 3.40. The van der Waals surface area contributed by atoms with Crippen molar-refractivity contribution in [2.45, 2.75) is 26.8 Å². The highest BCUT2D eigenvalue weighted by atomic mass is 35.5. The minimum absolute atomic E-state index is 0.0425. The first-order valence-corrected chi connectivity index (χ1v) is 5.15. The van der Waals surface area contributed by atoms with Crippen molar-refractivity contribution in [2.24, 2.45) is 11.1 Å². The molecule has 0 amide bonds. The predicted molar refractivity (Wildman–Crippen MR) is 60.6 cm³/mol. The first-order valence-electron chi connectivity index (χ1n) is 4.40. The van der Waals surface area contributed by atoms with Crippen LogP contribution in [0.2, 0.25) is 10.3 Å². The third kappa shape index (κ3) is 2.59. The topological polar surface area (TPSA) is 38.9 Å². The molecule has 1 atom stereocenters. The zero-order chi connectivity index (χ0) is 10.9. The molecule has 0 aromatic carbocycles. The molecule has 0 aliphatic rings. The maximum absolute atomic E-state index is 6.06. The van der Waals surface area contributed by atoms with Crippen LogP contribution in [0.25, 0.3) is 0 Å². The third-order valence-corrected chi connectivity index (χ3v) is 2.62. The van der Waals surface area contributed by atoms with E-state index in [9.17, 15) is 0 Å². The van der Waals surface area contributed by atoms with Crippen LogP contribution in [0.1, 0.15) is 32.4 Å². The fraction of sp³-hybridized carbons (Fsp3) is 0.500. The lowest BCUT2D eigenvalue weighted by Crippen LogP contribution is -2.26. The van der Waals surface area contributed by atoms with Crippen molar-refractivity contribution >= 4 is 23.2 Å². The van der Waals surface area contributed by atoms with Gasteiger partial charge < -0.3 is 5.73 Å². The van der Waals surface area contributed by atoms with Gasteiger partial charge in [0.1, 0.15) is 10.3 Å². The summed E-state index contributed by atoms with van der Waals surface area (Å²) in [4.78, 5) is 3.96. The monoisotopic (exact) mass is 232 g/mol. The Bertz CT molecular complexity index is 331. The molecule has 0 radical (unpaired) electrons. The van der Waals surface area contributed by atoms with Crippen LogP contribution >= 0.6 is 23.2 Å². The van der Waals surface area contributed by atoms with Crippen LogP contribution in [0, 0.1) is 5.41 Å². The average molecular weight is 233 g/mol. The van der Waals surface area contributed by atoms with E-state index in [1.165, 1.54) is 0 Å². The third-order valence-electron chi connectivity index (χ3n) is 2.11. The molecule has 0 aliphatic carbocycles. The van der Waals surface area contributed by atoms with Crippen molar-refractivity contribution in [1.82, 2.24) is 4.98 Å². The summed E-state index contributed by atoms with van der Waals surface area (Å²) in [6, 6.07) is 3.39. The maximum atomic E-state index is 6.06. The van der Waals surface area contributed by atoms with Gasteiger partial charge in [0, 0.05) is 11.6 Å². The van der Waals surface area contributed by atoms with Gasteiger partial charge in [-0.3, -0.25) is 0 Å². The van der Waals surface area contributed by atoms with Crippen LogP contribution in [-0.2, 0) is 0 Å². The Hall–Kier alpha value is -0.310. The molecule has 0 saturated heterocycles. The summed E-state index contributed by atoms with van der Waals surface area (Å²) in [5.74, 6) is 0. The lowest BCUT2D eigenvalue weighted by molar-refractivity contribution is 0.326. The SMILES string of the molecule is CC(C)(C)[C@@H](N)c1ccc(Cl)nc1Cl. The van der Waals surface area contributed by atoms with Crippen molar-refractivity contribution in [1.29, 1.82) is 0 Å². The molecule has 0 bridgehead atoms. The largest absolute Gasteiger partial charge is 0.323 e. The van der Waals surface area contributed by atoms with Crippen molar-refractivity contribution < 1.29 is 0 Å². The molecule has 1 aromatic heterocycles. The highest BCUT2D eigenvalue weighted by Crippen LogP contribution is 2.33. The van der Waals surface area contributed by atoms with Crippen LogP contribution in [-0.4, -0.2) is 4.98 Å². The second kappa shape index (κ2) is 4.05. The molecular formula is C10H14Cl2N2. The van der Waals surface area contributed by atoms with E-state index in [0.717, 1.165) is 5.56 Å². The molecule has 1 heterocycles. The quantitative estimate of drug-likeness (QED) is 0.754. The number of rotatable bonds is 1. The standard InChI is InChI=1S/C10H14Cl2N2/c1-10(2,3)8(13)6-4-5-7(11)14-9(6)12/h4-5,8H,13H2,1-3H3/t8-/m0/s1. The fourth-order valence-electron chi connectivity index (χ4n) is 1.12. The van der Waals surface area contributed by atoms with Crippen LogP contribution in [0.3, 0.4) is 0 Å². The molecule has 78 valence electrons. The molecule has 4 heteroatoms. The Morgan fingerprint density at radius 3 is 2.29 bits per heavy atom. The van der Waals surface area contributed by atoms with E-state index in [2.05, 4.69) is 25.8 Å². The first kappa shape index (κ1) is 11.8. The normalized spacial score (nSPS) is 14.1. The molecule has 1 aromatic rings. The van der Waals surface area contributed by atoms with Crippen LogP contribution in [0.15, 0.2) is 12.1 Å². The number of pyridine rings is 1. The van der Waals surface area contributed by atoms with Crippen LogP contribution < -0.4 is 5.73 Å². The Morgan fingerprint density at radius 2 is 1.86 bits per heavy atom. The zero-order valence-electron chi connectivity index (χ0n) is 8.51. The maximum Gasteiger partial charge on any atom is 0.135 e. The van der Waals surface area contributed by atoms with E-state index < -0.39 is 0 Å². The minimum Gasteiger partial charge on any atom is -0.323 e. The highest BCUT2D eigenvalue weighted by molar-refractivity contribution is 6.32. The minimum atomic E-state index is -0.139. The summed E-state index contributed by atoms with van der Waals surface area (Å²) in [6.07, 6.45) is 0. The molecule has 0 saturated carbocycles. The van der Waals surface area contributed by atoms with E-state index in [-0.39, 0.29) is 11.5 Å². The van der Waals surface area contributed by atoms with Gasteiger partial charge in [0.05, 0.1) is 0 Å². The summed E-state index contributed by atoms with van der Waals surface area (Å²) in [6.45, 7) is 6.17. The molecular weight excluding hydrogens is 219 g/mol. The van der Waals surface area contributed by atoms with E-state index in [0.29, 0.717) is 10.3 Å². The van der Waals surface area contributed by atoms with Gasteiger partial charge in [-0.05, 0) is 11.5 Å². The number of aromatic nitrogens is 1. The van der Waals surface area contributed by atoms with Crippen molar-refractivity contribution in [3.8, 4) is 0 Å². The van der Waals surface area contributed by atoms with E-state index >= 15 is 0 Å². The van der Waals surface area contributed by atoms with Crippen LogP contribution in [0.5, 0.6) is 0 Å². The van der Waals surface area contributed by atoms with Gasteiger partial charge in [-0.2, -0.15) is 0 Å². The lowest BCUT2D eigenvalue weighted by Gasteiger charge is -2.27. The molecule has 2 nitrogen and oxygen atoms in total. The van der Waals surface area contributed by atoms with Gasteiger partial charge in [0.25, 0.3) is 0 Å². The Labute approximate surface area is 94.4 Å². The van der Waals surface area contributed by atoms with Gasteiger partial charge >= 0.3 is 0 Å². The predicted octanol–water partition coefficient (Wildman–Crippen LogP) is 3.43. The van der Waals surface area contributed by atoms with E-state index in [1.54, 1.807) is 6.07 Å². The first-order chi connectivity index (χ1) is 6.32. The molecule has 14 heavy (non-hydrogen) atoms. The second-order valence-electron chi connectivity index (χ2n) is 4.36. The Balaban J connectivity index is 3.08. The number of halogens is 2. The number of nitrogens with zero attached hydrogens (tertiary/aromatic N) is 1. The molecule has 0 unspecified atom stereocenters. The summed E-state index contributed by atoms with van der Waals surface area (Å²) in [5, 5.41) is 0.778. The molecule has 1 rings (SSSR count). The summed E-state index contributed by atoms with van der Waals surface area (Å²) in [5.41, 5.74) is 6.85. The van der Waals surface area contributed by atoms with Crippen molar-refractivity contribution in [2.75, 3.05) is 0 Å². The van der Waals surface area contributed by atoms with Crippen molar-refractivity contribution in [3.63, 3.8) is 0 Å². The highest BCUT2D eigenvalue weighted by Gasteiger charge is 2.24. The van der Waals surface area contributed by atoms with Gasteiger partial charge in [0.2, 0.25) is 0 Å². The summed E-state index contributed by atoms with van der Waals surface area (Å²) in [7, 11) is 0. The summed E-state index contributed by atoms with van der Waals surface area (Å²) < 4.78 is 0. The van der Waals surface area contributed by atoms with Crippen LogP contribution in [0.4, 0.5) is 0 Å². The Morgan fingerprint density at radius 1 is 1.29 bits per heavy atom. The lowest BCUT2D eigenvalue weighted by atomic mass is 9.84. The zero-order valence-corrected chi connectivity index (χ0v) is 10.0. The molecule has 0 fully saturated rings. The van der Waals surface area contributed by atoms with Crippen molar-refractivity contribution in [3.05, 3.63) is 28.0 Å². The molecule has 0 spiro atoms. The number of nitrogens with two attached hydrogens (primary N) is 1. The van der Waals surface area contributed by atoms with Gasteiger partial charge in [0.15, 0.2) is 0 Å². The van der Waals surface area contributed by atoms with Gasteiger partial charge in [-0.15, -0.1) is 0 Å². The van der Waals surface area contributed by atoms with E-state index in [4.69, 9.17) is 28.9 Å². The molecule has 0 aliphatic heterocycles. The number of hydrogen-bond donors (Lipinski definition) is 1. The fourth-order valence-corrected chi connectivity index (χ4v) is 1.58. The summed E-state index contributed by atoms with van der Waals surface area (Å²) >= 11 is 11.7. The van der Waals surface area contributed by atoms with Gasteiger partial charge in [-0.1, -0.05) is 50.0 Å². The smallest absolute Gasteiger partial charge is 0.135 e. The van der Waals surface area contributed by atoms with E-state index in [1.807, 2.05) is 6.07 Å².